The second-order valence-corrected chi connectivity index (χ2v) is 6.17. The van der Waals surface area contributed by atoms with Gasteiger partial charge in [0.1, 0.15) is 5.82 Å². The Labute approximate surface area is 122 Å². The van der Waals surface area contributed by atoms with E-state index in [4.69, 9.17) is 11.5 Å². The number of amides is 1. The molecule has 6 heteroatoms. The molecule has 2 unspecified atom stereocenters. The van der Waals surface area contributed by atoms with Crippen LogP contribution in [0.1, 0.15) is 36.0 Å². The van der Waals surface area contributed by atoms with Gasteiger partial charge < -0.3 is 16.8 Å². The van der Waals surface area contributed by atoms with Crippen LogP contribution in [-0.4, -0.2) is 23.5 Å². The molecule has 0 aliphatic heterocycles. The van der Waals surface area contributed by atoms with Crippen LogP contribution in [0, 0.1) is 5.82 Å². The first-order valence-corrected chi connectivity index (χ1v) is 8.00. The zero-order valence-electron chi connectivity index (χ0n) is 11.5. The maximum absolute atomic E-state index is 14.0. The van der Waals surface area contributed by atoms with Gasteiger partial charge in [-0.2, -0.15) is 11.8 Å². The van der Waals surface area contributed by atoms with Gasteiger partial charge in [0.05, 0.1) is 11.3 Å². The second-order valence-electron chi connectivity index (χ2n) is 5.09. The van der Waals surface area contributed by atoms with Crippen LogP contribution in [0.3, 0.4) is 0 Å². The first kappa shape index (κ1) is 15.0. The first-order chi connectivity index (χ1) is 9.52. The van der Waals surface area contributed by atoms with Crippen molar-refractivity contribution in [2.24, 2.45) is 5.73 Å². The second kappa shape index (κ2) is 6.35. The molecule has 1 amide bonds. The molecule has 2 atom stereocenters. The lowest BCUT2D eigenvalue weighted by Crippen LogP contribution is -2.34. The SMILES string of the molecule is CSC1CCCCC1Nc1cc(C(N)=O)c(N)cc1F. The van der Waals surface area contributed by atoms with E-state index in [-0.39, 0.29) is 17.3 Å². The number of carbonyl (C=O) groups is 1. The van der Waals surface area contributed by atoms with Crippen LogP contribution < -0.4 is 16.8 Å². The van der Waals surface area contributed by atoms with Gasteiger partial charge in [-0.15, -0.1) is 0 Å². The minimum Gasteiger partial charge on any atom is -0.398 e. The van der Waals surface area contributed by atoms with Crippen molar-refractivity contribution in [2.45, 2.75) is 37.0 Å². The topological polar surface area (TPSA) is 81.1 Å². The maximum Gasteiger partial charge on any atom is 0.250 e. The normalized spacial score (nSPS) is 22.5. The Balaban J connectivity index is 2.23. The average Bonchev–Trinajstić information content (AvgIpc) is 2.42. The first-order valence-electron chi connectivity index (χ1n) is 6.71. The van der Waals surface area contributed by atoms with E-state index in [9.17, 15) is 9.18 Å². The molecule has 0 aromatic heterocycles. The van der Waals surface area contributed by atoms with Gasteiger partial charge in [-0.1, -0.05) is 12.8 Å². The highest BCUT2D eigenvalue weighted by Gasteiger charge is 2.25. The number of benzene rings is 1. The standard InChI is InChI=1S/C14H20FN3OS/c1-20-13-5-3-2-4-11(13)18-12-6-8(14(17)19)10(16)7-9(12)15/h6-7,11,13,18H,2-5,16H2,1H3,(H2,17,19). The Kier molecular flexibility index (Phi) is 4.75. The summed E-state index contributed by atoms with van der Waals surface area (Å²) in [6, 6.07) is 2.77. The molecule has 0 bridgehead atoms. The molecule has 4 nitrogen and oxygen atoms in total. The summed E-state index contributed by atoms with van der Waals surface area (Å²) >= 11 is 1.79. The van der Waals surface area contributed by atoms with Crippen LogP contribution >= 0.6 is 11.8 Å². The fraction of sp³-hybridized carbons (Fsp3) is 0.500. The Morgan fingerprint density at radius 2 is 2.10 bits per heavy atom. The number of nitrogen functional groups attached to an aromatic ring is 1. The van der Waals surface area contributed by atoms with E-state index in [0.29, 0.717) is 10.9 Å². The third-order valence-corrected chi connectivity index (χ3v) is 4.92. The lowest BCUT2D eigenvalue weighted by Gasteiger charge is -2.32. The molecule has 5 N–H and O–H groups in total. The lowest BCUT2D eigenvalue weighted by atomic mass is 9.94. The quantitative estimate of drug-likeness (QED) is 0.746. The Bertz CT molecular complexity index is 509. The molecule has 0 saturated heterocycles. The highest BCUT2D eigenvalue weighted by atomic mass is 32.2. The van der Waals surface area contributed by atoms with Crippen molar-refractivity contribution in [1.82, 2.24) is 0 Å². The summed E-state index contributed by atoms with van der Waals surface area (Å²) in [5, 5.41) is 3.67. The number of primary amides is 1. The zero-order valence-corrected chi connectivity index (χ0v) is 12.3. The summed E-state index contributed by atoms with van der Waals surface area (Å²) in [6.07, 6.45) is 6.53. The molecule has 20 heavy (non-hydrogen) atoms. The summed E-state index contributed by atoms with van der Waals surface area (Å²) < 4.78 is 14.0. The summed E-state index contributed by atoms with van der Waals surface area (Å²) in [5.74, 6) is -1.09. The predicted molar refractivity (Wildman–Crippen MR) is 82.5 cm³/mol. The third-order valence-electron chi connectivity index (χ3n) is 3.75. The molecule has 1 fully saturated rings. The van der Waals surface area contributed by atoms with E-state index in [2.05, 4.69) is 11.6 Å². The molecule has 1 aromatic rings. The van der Waals surface area contributed by atoms with Crippen molar-refractivity contribution in [3.63, 3.8) is 0 Å². The summed E-state index contributed by atoms with van der Waals surface area (Å²) in [6.45, 7) is 0. The van der Waals surface area contributed by atoms with Crippen LogP contribution in [0.4, 0.5) is 15.8 Å². The van der Waals surface area contributed by atoms with E-state index in [1.807, 2.05) is 0 Å². The fourth-order valence-electron chi connectivity index (χ4n) is 2.66. The molecule has 0 heterocycles. The summed E-state index contributed by atoms with van der Waals surface area (Å²) in [5.41, 5.74) is 11.4. The van der Waals surface area contributed by atoms with E-state index < -0.39 is 11.7 Å². The lowest BCUT2D eigenvalue weighted by molar-refractivity contribution is 0.100. The van der Waals surface area contributed by atoms with Gasteiger partial charge in [0.25, 0.3) is 5.91 Å². The maximum atomic E-state index is 14.0. The van der Waals surface area contributed by atoms with Crippen molar-refractivity contribution in [2.75, 3.05) is 17.3 Å². The van der Waals surface area contributed by atoms with Crippen molar-refractivity contribution in [1.29, 1.82) is 0 Å². The van der Waals surface area contributed by atoms with E-state index in [1.54, 1.807) is 11.8 Å². The Hall–Kier alpha value is -1.43. The van der Waals surface area contributed by atoms with Gasteiger partial charge in [-0.3, -0.25) is 4.79 Å². The number of carbonyl (C=O) groups excluding carboxylic acids is 1. The van der Waals surface area contributed by atoms with Crippen molar-refractivity contribution >= 4 is 29.0 Å². The Morgan fingerprint density at radius 1 is 1.40 bits per heavy atom. The summed E-state index contributed by atoms with van der Waals surface area (Å²) in [7, 11) is 0. The molecule has 1 aliphatic carbocycles. The monoisotopic (exact) mass is 297 g/mol. The largest absolute Gasteiger partial charge is 0.398 e. The molecule has 110 valence electrons. The van der Waals surface area contributed by atoms with Crippen LogP contribution in [-0.2, 0) is 0 Å². The average molecular weight is 297 g/mol. The number of thioether (sulfide) groups is 1. The van der Waals surface area contributed by atoms with E-state index >= 15 is 0 Å². The number of hydrogen-bond acceptors (Lipinski definition) is 4. The van der Waals surface area contributed by atoms with Crippen molar-refractivity contribution in [3.8, 4) is 0 Å². The van der Waals surface area contributed by atoms with Crippen LogP contribution in [0.25, 0.3) is 0 Å². The van der Waals surface area contributed by atoms with Gasteiger partial charge in [0.2, 0.25) is 0 Å². The molecule has 0 radical (unpaired) electrons. The zero-order chi connectivity index (χ0) is 14.7. The minimum atomic E-state index is -0.643. The number of halogens is 1. The van der Waals surface area contributed by atoms with Crippen LogP contribution in [0.5, 0.6) is 0 Å². The predicted octanol–water partition coefficient (Wildman–Crippen LogP) is 2.59. The molecule has 1 aromatic carbocycles. The number of nitrogens with one attached hydrogen (secondary N) is 1. The molecular formula is C14H20FN3OS. The number of hydrogen-bond donors (Lipinski definition) is 3. The Morgan fingerprint density at radius 3 is 2.75 bits per heavy atom. The van der Waals surface area contributed by atoms with E-state index in [0.717, 1.165) is 25.3 Å². The van der Waals surface area contributed by atoms with Crippen molar-refractivity contribution < 1.29 is 9.18 Å². The van der Waals surface area contributed by atoms with Gasteiger partial charge in [0, 0.05) is 17.0 Å². The highest BCUT2D eigenvalue weighted by molar-refractivity contribution is 7.99. The highest BCUT2D eigenvalue weighted by Crippen LogP contribution is 2.31. The summed E-state index contributed by atoms with van der Waals surface area (Å²) in [4.78, 5) is 11.3. The molecule has 2 rings (SSSR count). The smallest absolute Gasteiger partial charge is 0.250 e. The van der Waals surface area contributed by atoms with Gasteiger partial charge in [-0.05, 0) is 31.2 Å². The van der Waals surface area contributed by atoms with E-state index in [1.165, 1.54) is 12.5 Å². The van der Waals surface area contributed by atoms with Gasteiger partial charge in [0.15, 0.2) is 0 Å². The van der Waals surface area contributed by atoms with Crippen LogP contribution in [0.15, 0.2) is 12.1 Å². The number of rotatable bonds is 4. The molecule has 0 spiro atoms. The third kappa shape index (κ3) is 3.17. The molecule has 1 aliphatic rings. The van der Waals surface area contributed by atoms with Gasteiger partial charge in [-0.25, -0.2) is 4.39 Å². The fourth-order valence-corrected chi connectivity index (χ4v) is 3.59. The van der Waals surface area contributed by atoms with Gasteiger partial charge >= 0.3 is 0 Å². The molecule has 1 saturated carbocycles. The molecular weight excluding hydrogens is 277 g/mol. The number of nitrogens with two attached hydrogens (primary N) is 2. The van der Waals surface area contributed by atoms with Crippen molar-refractivity contribution in [3.05, 3.63) is 23.5 Å². The van der Waals surface area contributed by atoms with Crippen LogP contribution in [0.2, 0.25) is 0 Å². The minimum absolute atomic E-state index is 0.0746. The number of anilines is 2.